The summed E-state index contributed by atoms with van der Waals surface area (Å²) in [5, 5.41) is 0. The fourth-order valence-electron chi connectivity index (χ4n) is 4.92. The summed E-state index contributed by atoms with van der Waals surface area (Å²) in [6.45, 7) is 6.86. The van der Waals surface area contributed by atoms with Crippen molar-refractivity contribution in [3.05, 3.63) is 53.6 Å². The van der Waals surface area contributed by atoms with E-state index in [0.29, 0.717) is 12.4 Å². The van der Waals surface area contributed by atoms with Crippen molar-refractivity contribution in [2.75, 3.05) is 13.2 Å². The molecule has 0 fully saturated rings. The molecule has 2 aromatic rings. The van der Waals surface area contributed by atoms with E-state index in [-0.39, 0.29) is 12.4 Å². The SMILES string of the molecule is CCCCCCCCCC(C)CCCCCCCCOc1ccc(OC(F)(F)c2ccc(OCC)c(F)c2F)cc1. The van der Waals surface area contributed by atoms with Crippen molar-refractivity contribution in [3.8, 4) is 17.2 Å². The molecule has 232 valence electrons. The summed E-state index contributed by atoms with van der Waals surface area (Å²) in [4.78, 5) is 0. The van der Waals surface area contributed by atoms with E-state index in [4.69, 9.17) is 9.47 Å². The molecule has 0 N–H and O–H groups in total. The van der Waals surface area contributed by atoms with Crippen LogP contribution in [-0.4, -0.2) is 13.2 Å². The van der Waals surface area contributed by atoms with Crippen LogP contribution in [0.3, 0.4) is 0 Å². The van der Waals surface area contributed by atoms with Crippen LogP contribution >= 0.6 is 0 Å². The third-order valence-electron chi connectivity index (χ3n) is 7.39. The van der Waals surface area contributed by atoms with Crippen molar-refractivity contribution in [2.24, 2.45) is 5.92 Å². The summed E-state index contributed by atoms with van der Waals surface area (Å²) in [6.07, 6.45) is 15.3. The minimum Gasteiger partial charge on any atom is -0.494 e. The van der Waals surface area contributed by atoms with Gasteiger partial charge in [-0.1, -0.05) is 104 Å². The number of alkyl halides is 2. The molecule has 2 aromatic carbocycles. The lowest BCUT2D eigenvalue weighted by atomic mass is 9.96. The third kappa shape index (κ3) is 13.4. The summed E-state index contributed by atoms with van der Waals surface area (Å²) < 4.78 is 72.6. The molecule has 0 aliphatic heterocycles. The molecule has 41 heavy (non-hydrogen) atoms. The Hall–Kier alpha value is -2.44. The van der Waals surface area contributed by atoms with Crippen molar-refractivity contribution >= 4 is 0 Å². The molecule has 0 saturated heterocycles. The topological polar surface area (TPSA) is 27.7 Å². The van der Waals surface area contributed by atoms with E-state index in [9.17, 15) is 17.6 Å². The van der Waals surface area contributed by atoms with Gasteiger partial charge in [-0.05, 0) is 55.7 Å². The van der Waals surface area contributed by atoms with Crippen LogP contribution < -0.4 is 14.2 Å². The Bertz CT molecular complexity index is 965. The highest BCUT2D eigenvalue weighted by Crippen LogP contribution is 2.36. The molecule has 0 aliphatic carbocycles. The monoisotopic (exact) mass is 582 g/mol. The zero-order valence-corrected chi connectivity index (χ0v) is 25.3. The Morgan fingerprint density at radius 2 is 1.17 bits per heavy atom. The third-order valence-corrected chi connectivity index (χ3v) is 7.39. The van der Waals surface area contributed by atoms with E-state index in [1.807, 2.05) is 0 Å². The molecule has 0 aromatic heterocycles. The van der Waals surface area contributed by atoms with Gasteiger partial charge in [-0.2, -0.15) is 13.2 Å². The van der Waals surface area contributed by atoms with E-state index in [1.54, 1.807) is 6.92 Å². The molecular formula is C34H50F4O3. The van der Waals surface area contributed by atoms with Gasteiger partial charge in [-0.15, -0.1) is 0 Å². The van der Waals surface area contributed by atoms with Crippen molar-refractivity contribution < 1.29 is 31.8 Å². The maximum absolute atomic E-state index is 14.5. The Kier molecular flexibility index (Phi) is 16.7. The fraction of sp³-hybridized carbons (Fsp3) is 0.647. The smallest absolute Gasteiger partial charge is 0.429 e. The molecule has 0 saturated carbocycles. The lowest BCUT2D eigenvalue weighted by Gasteiger charge is -2.20. The van der Waals surface area contributed by atoms with Crippen LogP contribution in [0.25, 0.3) is 0 Å². The van der Waals surface area contributed by atoms with Crippen LogP contribution in [0.1, 0.15) is 123 Å². The first-order chi connectivity index (χ1) is 19.8. The van der Waals surface area contributed by atoms with Crippen molar-refractivity contribution in [2.45, 2.75) is 123 Å². The number of ether oxygens (including phenoxy) is 3. The van der Waals surface area contributed by atoms with Gasteiger partial charge in [0.2, 0.25) is 5.82 Å². The van der Waals surface area contributed by atoms with E-state index in [2.05, 4.69) is 18.6 Å². The maximum Gasteiger partial charge on any atom is 0.429 e. The molecule has 0 heterocycles. The highest BCUT2D eigenvalue weighted by Gasteiger charge is 2.39. The summed E-state index contributed by atoms with van der Waals surface area (Å²) in [6, 6.07) is 7.41. The van der Waals surface area contributed by atoms with Gasteiger partial charge in [0, 0.05) is 0 Å². The molecule has 0 aliphatic rings. The minimum atomic E-state index is -4.07. The van der Waals surface area contributed by atoms with E-state index in [1.165, 1.54) is 108 Å². The number of benzene rings is 2. The molecule has 3 nitrogen and oxygen atoms in total. The van der Waals surface area contributed by atoms with Crippen molar-refractivity contribution in [1.29, 1.82) is 0 Å². The number of unbranched alkanes of at least 4 members (excludes halogenated alkanes) is 11. The second kappa shape index (κ2) is 19.6. The second-order valence-corrected chi connectivity index (χ2v) is 11.0. The predicted octanol–water partition coefficient (Wildman–Crippen LogP) is 11.4. The van der Waals surface area contributed by atoms with Gasteiger partial charge in [-0.25, -0.2) is 4.39 Å². The number of halogens is 4. The molecular weight excluding hydrogens is 532 g/mol. The normalized spacial score (nSPS) is 12.4. The van der Waals surface area contributed by atoms with Crippen LogP contribution in [0.4, 0.5) is 17.6 Å². The van der Waals surface area contributed by atoms with Gasteiger partial charge in [0.1, 0.15) is 17.1 Å². The van der Waals surface area contributed by atoms with Gasteiger partial charge in [0.15, 0.2) is 11.6 Å². The quantitative estimate of drug-likeness (QED) is 0.0963. The first-order valence-electron chi connectivity index (χ1n) is 15.7. The predicted molar refractivity (Wildman–Crippen MR) is 158 cm³/mol. The zero-order valence-electron chi connectivity index (χ0n) is 25.3. The average molecular weight is 583 g/mol. The summed E-state index contributed by atoms with van der Waals surface area (Å²) in [7, 11) is 0. The number of hydrogen-bond acceptors (Lipinski definition) is 3. The standard InChI is InChI=1S/C34H50F4O3/c1-4-6-7-8-9-12-15-18-27(3)19-16-13-10-11-14-17-26-40-28-20-22-29(23-21-28)41-34(37,38)30-24-25-31(39-5-2)33(36)32(30)35/h20-25,27H,4-19,26H2,1-3H3. The van der Waals surface area contributed by atoms with Gasteiger partial charge >= 0.3 is 6.11 Å². The van der Waals surface area contributed by atoms with Crippen LogP contribution in [0, 0.1) is 17.6 Å². The minimum absolute atomic E-state index is 0.0793. The van der Waals surface area contributed by atoms with E-state index < -0.39 is 29.1 Å². The largest absolute Gasteiger partial charge is 0.494 e. The van der Waals surface area contributed by atoms with Gasteiger partial charge < -0.3 is 14.2 Å². The van der Waals surface area contributed by atoms with Crippen molar-refractivity contribution in [3.63, 3.8) is 0 Å². The Balaban J connectivity index is 1.56. The zero-order chi connectivity index (χ0) is 29.9. The van der Waals surface area contributed by atoms with E-state index >= 15 is 0 Å². The van der Waals surface area contributed by atoms with Crippen LogP contribution in [0.15, 0.2) is 36.4 Å². The molecule has 2 rings (SSSR count). The van der Waals surface area contributed by atoms with Gasteiger partial charge in [0.05, 0.1) is 13.2 Å². The first-order valence-corrected chi connectivity index (χ1v) is 15.7. The molecule has 0 spiro atoms. The number of hydrogen-bond donors (Lipinski definition) is 0. The summed E-state index contributed by atoms with van der Waals surface area (Å²) in [5.74, 6) is -2.42. The Morgan fingerprint density at radius 3 is 1.76 bits per heavy atom. The molecule has 7 heteroatoms. The summed E-state index contributed by atoms with van der Waals surface area (Å²) >= 11 is 0. The molecule has 0 radical (unpaired) electrons. The highest BCUT2D eigenvalue weighted by atomic mass is 19.3. The van der Waals surface area contributed by atoms with Gasteiger partial charge in [-0.3, -0.25) is 0 Å². The molecule has 0 bridgehead atoms. The highest BCUT2D eigenvalue weighted by molar-refractivity contribution is 5.35. The second-order valence-electron chi connectivity index (χ2n) is 11.0. The van der Waals surface area contributed by atoms with Crippen LogP contribution in [-0.2, 0) is 6.11 Å². The maximum atomic E-state index is 14.5. The lowest BCUT2D eigenvalue weighted by Crippen LogP contribution is -2.24. The van der Waals surface area contributed by atoms with Gasteiger partial charge in [0.25, 0.3) is 0 Å². The summed E-state index contributed by atoms with van der Waals surface area (Å²) in [5.41, 5.74) is -1.20. The van der Waals surface area contributed by atoms with E-state index in [0.717, 1.165) is 30.9 Å². The first kappa shape index (κ1) is 34.8. The van der Waals surface area contributed by atoms with Crippen LogP contribution in [0.5, 0.6) is 17.2 Å². The fourth-order valence-corrected chi connectivity index (χ4v) is 4.92. The molecule has 1 unspecified atom stereocenters. The average Bonchev–Trinajstić information content (AvgIpc) is 2.95. The van der Waals surface area contributed by atoms with Crippen LogP contribution in [0.2, 0.25) is 0 Å². The van der Waals surface area contributed by atoms with Crippen molar-refractivity contribution in [1.82, 2.24) is 0 Å². The lowest BCUT2D eigenvalue weighted by molar-refractivity contribution is -0.187. The Morgan fingerprint density at radius 1 is 0.634 bits per heavy atom. The number of rotatable bonds is 23. The molecule has 0 amide bonds. The Labute approximate surface area is 245 Å². The molecule has 1 atom stereocenters.